The Kier molecular flexibility index (Phi) is 4.87. The van der Waals surface area contributed by atoms with Crippen LogP contribution in [0, 0.1) is 5.92 Å². The third kappa shape index (κ3) is 3.30. The molecule has 2 N–H and O–H groups in total. The fraction of sp³-hybridized carbons (Fsp3) is 0.571. The lowest BCUT2D eigenvalue weighted by atomic mass is 10.0. The van der Waals surface area contributed by atoms with Gasteiger partial charge in [0.05, 0.1) is 26.9 Å². The van der Waals surface area contributed by atoms with Gasteiger partial charge < -0.3 is 24.8 Å². The molecule has 0 aliphatic carbocycles. The Hall–Kier alpha value is -1.46. The number of benzene rings is 1. The zero-order valence-corrected chi connectivity index (χ0v) is 11.8. The first-order valence-corrected chi connectivity index (χ1v) is 6.48. The summed E-state index contributed by atoms with van der Waals surface area (Å²) in [6, 6.07) is 3.76. The third-order valence-corrected chi connectivity index (χ3v) is 3.42. The van der Waals surface area contributed by atoms with Gasteiger partial charge in [0.15, 0.2) is 0 Å². The second-order valence-corrected chi connectivity index (χ2v) is 4.67. The van der Waals surface area contributed by atoms with Gasteiger partial charge in [-0.1, -0.05) is 0 Å². The Morgan fingerprint density at radius 3 is 2.16 bits per heavy atom. The van der Waals surface area contributed by atoms with Crippen LogP contribution in [0.2, 0.25) is 0 Å². The Bertz CT molecular complexity index is 394. The predicted molar refractivity (Wildman–Crippen MR) is 74.2 cm³/mol. The molecule has 0 spiro atoms. The van der Waals surface area contributed by atoms with Gasteiger partial charge in [0, 0.05) is 38.3 Å². The molecule has 2 rings (SSSR count). The molecule has 0 saturated carbocycles. The van der Waals surface area contributed by atoms with E-state index in [0.717, 1.165) is 54.9 Å². The molecule has 5 heteroatoms. The molecule has 0 radical (unpaired) electrons. The van der Waals surface area contributed by atoms with Crippen molar-refractivity contribution in [2.45, 2.75) is 6.54 Å². The van der Waals surface area contributed by atoms with Crippen LogP contribution in [0.15, 0.2) is 12.1 Å². The van der Waals surface area contributed by atoms with E-state index in [1.807, 2.05) is 12.1 Å². The molecular weight excluding hydrogens is 244 g/mol. The largest absolute Gasteiger partial charge is 0.496 e. The molecule has 1 aromatic carbocycles. The summed E-state index contributed by atoms with van der Waals surface area (Å²) in [6.45, 7) is 3.94. The summed E-state index contributed by atoms with van der Waals surface area (Å²) in [7, 11) is 4.96. The fourth-order valence-electron chi connectivity index (χ4n) is 2.15. The first-order chi connectivity index (χ1) is 9.28. The number of rotatable bonds is 7. The van der Waals surface area contributed by atoms with Crippen LogP contribution >= 0.6 is 0 Å². The van der Waals surface area contributed by atoms with E-state index in [2.05, 4.69) is 10.6 Å². The van der Waals surface area contributed by atoms with Crippen LogP contribution < -0.4 is 24.8 Å². The normalized spacial score (nSPS) is 14.9. The maximum atomic E-state index is 5.42. The van der Waals surface area contributed by atoms with Gasteiger partial charge in [0.2, 0.25) is 0 Å². The van der Waals surface area contributed by atoms with Crippen LogP contribution in [0.1, 0.15) is 5.56 Å². The highest BCUT2D eigenvalue weighted by atomic mass is 16.5. The molecule has 1 aromatic rings. The monoisotopic (exact) mass is 266 g/mol. The van der Waals surface area contributed by atoms with E-state index in [1.165, 1.54) is 0 Å². The first kappa shape index (κ1) is 14.0. The minimum Gasteiger partial charge on any atom is -0.496 e. The van der Waals surface area contributed by atoms with Crippen molar-refractivity contribution in [1.29, 1.82) is 0 Å². The molecule has 19 heavy (non-hydrogen) atoms. The number of ether oxygens (including phenoxy) is 3. The topological polar surface area (TPSA) is 51.8 Å². The zero-order valence-electron chi connectivity index (χ0n) is 11.8. The number of hydrogen-bond acceptors (Lipinski definition) is 5. The molecular formula is C14H22N2O3. The molecule has 1 aliphatic heterocycles. The van der Waals surface area contributed by atoms with Gasteiger partial charge in [0.1, 0.15) is 17.2 Å². The lowest BCUT2D eigenvalue weighted by molar-refractivity contribution is 0.326. The SMILES string of the molecule is COc1cc(OC)c(CNCC2CNC2)c(OC)c1. The van der Waals surface area contributed by atoms with Crippen LogP contribution in [-0.4, -0.2) is 41.0 Å². The molecule has 0 aromatic heterocycles. The number of hydrogen-bond donors (Lipinski definition) is 2. The summed E-state index contributed by atoms with van der Waals surface area (Å²) in [5, 5.41) is 6.71. The Morgan fingerprint density at radius 2 is 1.74 bits per heavy atom. The summed E-state index contributed by atoms with van der Waals surface area (Å²) >= 11 is 0. The Labute approximate surface area is 114 Å². The molecule has 0 unspecified atom stereocenters. The van der Waals surface area contributed by atoms with Crippen LogP contribution in [0.3, 0.4) is 0 Å². The second kappa shape index (κ2) is 6.63. The maximum Gasteiger partial charge on any atom is 0.130 e. The van der Waals surface area contributed by atoms with Crippen LogP contribution in [0.4, 0.5) is 0 Å². The van der Waals surface area contributed by atoms with Crippen molar-refractivity contribution in [3.8, 4) is 17.2 Å². The minimum absolute atomic E-state index is 0.729. The van der Waals surface area contributed by atoms with Crippen molar-refractivity contribution in [3.63, 3.8) is 0 Å². The summed E-state index contributed by atoms with van der Waals surface area (Å²) < 4.78 is 16.1. The molecule has 0 amide bonds. The minimum atomic E-state index is 0.729. The Morgan fingerprint density at radius 1 is 1.11 bits per heavy atom. The lowest BCUT2D eigenvalue weighted by Gasteiger charge is -2.27. The molecule has 1 aliphatic rings. The summed E-state index contributed by atoms with van der Waals surface area (Å²) in [4.78, 5) is 0. The van der Waals surface area contributed by atoms with E-state index in [-0.39, 0.29) is 0 Å². The van der Waals surface area contributed by atoms with Crippen molar-refractivity contribution in [2.24, 2.45) is 5.92 Å². The van der Waals surface area contributed by atoms with Crippen molar-refractivity contribution >= 4 is 0 Å². The molecule has 106 valence electrons. The van der Waals surface area contributed by atoms with E-state index < -0.39 is 0 Å². The molecule has 1 saturated heterocycles. The molecule has 1 heterocycles. The van der Waals surface area contributed by atoms with E-state index in [4.69, 9.17) is 14.2 Å². The molecule has 0 bridgehead atoms. The van der Waals surface area contributed by atoms with Crippen LogP contribution in [-0.2, 0) is 6.54 Å². The van der Waals surface area contributed by atoms with Crippen LogP contribution in [0.5, 0.6) is 17.2 Å². The Balaban J connectivity index is 2.06. The molecule has 5 nitrogen and oxygen atoms in total. The zero-order chi connectivity index (χ0) is 13.7. The first-order valence-electron chi connectivity index (χ1n) is 6.48. The van der Waals surface area contributed by atoms with E-state index in [1.54, 1.807) is 21.3 Å². The second-order valence-electron chi connectivity index (χ2n) is 4.67. The van der Waals surface area contributed by atoms with Crippen molar-refractivity contribution < 1.29 is 14.2 Å². The third-order valence-electron chi connectivity index (χ3n) is 3.42. The van der Waals surface area contributed by atoms with E-state index in [9.17, 15) is 0 Å². The highest BCUT2D eigenvalue weighted by Gasteiger charge is 2.17. The lowest BCUT2D eigenvalue weighted by Crippen LogP contribution is -2.47. The van der Waals surface area contributed by atoms with E-state index in [0.29, 0.717) is 0 Å². The standard InChI is InChI=1S/C14H22N2O3/c1-17-11-4-13(18-2)12(14(5-11)19-3)9-16-8-10-6-15-7-10/h4-5,10,15-16H,6-9H2,1-3H3. The molecule has 0 atom stereocenters. The van der Waals surface area contributed by atoms with Gasteiger partial charge in [-0.3, -0.25) is 0 Å². The average Bonchev–Trinajstić information content (AvgIpc) is 2.40. The van der Waals surface area contributed by atoms with Gasteiger partial charge in [-0.25, -0.2) is 0 Å². The number of nitrogens with one attached hydrogen (secondary N) is 2. The van der Waals surface area contributed by atoms with Gasteiger partial charge >= 0.3 is 0 Å². The van der Waals surface area contributed by atoms with E-state index >= 15 is 0 Å². The fourth-order valence-corrected chi connectivity index (χ4v) is 2.15. The van der Waals surface area contributed by atoms with Gasteiger partial charge in [0.25, 0.3) is 0 Å². The summed E-state index contributed by atoms with van der Waals surface area (Å²) in [5.74, 6) is 3.04. The average molecular weight is 266 g/mol. The van der Waals surface area contributed by atoms with Crippen molar-refractivity contribution in [1.82, 2.24) is 10.6 Å². The summed E-state index contributed by atoms with van der Waals surface area (Å²) in [5.41, 5.74) is 1.03. The smallest absolute Gasteiger partial charge is 0.130 e. The highest BCUT2D eigenvalue weighted by molar-refractivity contribution is 5.50. The highest BCUT2D eigenvalue weighted by Crippen LogP contribution is 2.33. The van der Waals surface area contributed by atoms with Gasteiger partial charge in [-0.15, -0.1) is 0 Å². The predicted octanol–water partition coefficient (Wildman–Crippen LogP) is 1.02. The van der Waals surface area contributed by atoms with Crippen molar-refractivity contribution in [2.75, 3.05) is 41.0 Å². The van der Waals surface area contributed by atoms with Crippen molar-refractivity contribution in [3.05, 3.63) is 17.7 Å². The van der Waals surface area contributed by atoms with Crippen LogP contribution in [0.25, 0.3) is 0 Å². The molecule has 1 fully saturated rings. The number of methoxy groups -OCH3 is 3. The van der Waals surface area contributed by atoms with Gasteiger partial charge in [-0.05, 0) is 5.92 Å². The van der Waals surface area contributed by atoms with Gasteiger partial charge in [-0.2, -0.15) is 0 Å². The maximum absolute atomic E-state index is 5.42. The summed E-state index contributed by atoms with van der Waals surface area (Å²) in [6.07, 6.45) is 0. The quantitative estimate of drug-likeness (QED) is 0.772.